The molecule has 0 spiro atoms. The van der Waals surface area contributed by atoms with Crippen molar-refractivity contribution in [2.75, 3.05) is 6.54 Å². The van der Waals surface area contributed by atoms with Gasteiger partial charge in [-0.05, 0) is 6.42 Å². The van der Waals surface area contributed by atoms with Gasteiger partial charge in [-0.2, -0.15) is 0 Å². The van der Waals surface area contributed by atoms with Crippen LogP contribution < -0.4 is 11.1 Å². The van der Waals surface area contributed by atoms with Crippen molar-refractivity contribution in [3.05, 3.63) is 33.1 Å². The maximum absolute atomic E-state index is 12.1. The highest BCUT2D eigenvalue weighted by atomic mass is 35.5. The molecule has 20 heavy (non-hydrogen) atoms. The van der Waals surface area contributed by atoms with E-state index in [1.54, 1.807) is 0 Å². The largest absolute Gasteiger partial charge is 0.348 e. The molecule has 0 fully saturated rings. The van der Waals surface area contributed by atoms with Gasteiger partial charge < -0.3 is 11.1 Å². The second-order valence-electron chi connectivity index (χ2n) is 4.34. The zero-order valence-corrected chi connectivity index (χ0v) is 11.9. The van der Waals surface area contributed by atoms with Crippen LogP contribution in [0.1, 0.15) is 36.5 Å². The van der Waals surface area contributed by atoms with E-state index >= 15 is 0 Å². The molecule has 0 aliphatic rings. The fourth-order valence-electron chi connectivity index (χ4n) is 1.66. The van der Waals surface area contributed by atoms with Crippen LogP contribution >= 0.6 is 11.6 Å². The first-order valence-corrected chi connectivity index (χ1v) is 6.68. The summed E-state index contributed by atoms with van der Waals surface area (Å²) in [6, 6.07) is 0.927. The molecule has 8 heteroatoms. The lowest BCUT2D eigenvalue weighted by Gasteiger charge is -2.16. The molecule has 0 bridgehead atoms. The van der Waals surface area contributed by atoms with E-state index < -0.39 is 10.8 Å². The second kappa shape index (κ2) is 7.76. The highest BCUT2D eigenvalue weighted by molar-refractivity contribution is 6.32. The minimum Gasteiger partial charge on any atom is -0.348 e. The first-order valence-electron chi connectivity index (χ1n) is 6.30. The highest BCUT2D eigenvalue weighted by Crippen LogP contribution is 2.19. The molecule has 1 atom stereocenters. The van der Waals surface area contributed by atoms with Crippen LogP contribution in [0.2, 0.25) is 5.15 Å². The summed E-state index contributed by atoms with van der Waals surface area (Å²) in [5.74, 6) is -0.502. The van der Waals surface area contributed by atoms with Crippen LogP contribution in [0.4, 0.5) is 5.69 Å². The first kappa shape index (κ1) is 16.3. The van der Waals surface area contributed by atoms with Crippen LogP contribution in [0.15, 0.2) is 12.3 Å². The number of pyridine rings is 1. The van der Waals surface area contributed by atoms with Crippen LogP contribution in [0.25, 0.3) is 0 Å². The lowest BCUT2D eigenvalue weighted by molar-refractivity contribution is -0.385. The summed E-state index contributed by atoms with van der Waals surface area (Å²) in [4.78, 5) is 25.8. The molecule has 0 aliphatic heterocycles. The van der Waals surface area contributed by atoms with Crippen LogP contribution in [0.5, 0.6) is 0 Å². The number of carbonyl (C=O) groups is 1. The molecule has 1 heterocycles. The van der Waals surface area contributed by atoms with Crippen molar-refractivity contribution in [3.63, 3.8) is 0 Å². The number of hydrogen-bond donors (Lipinski definition) is 2. The van der Waals surface area contributed by atoms with Gasteiger partial charge in [-0.25, -0.2) is 4.98 Å². The van der Waals surface area contributed by atoms with Crippen LogP contribution in [-0.4, -0.2) is 28.4 Å². The zero-order valence-electron chi connectivity index (χ0n) is 11.1. The molecule has 1 rings (SSSR count). The standard InChI is InChI=1S/C12H17ClN4O3/c1-2-3-4-8(6-14)16-12(18)10-5-9(17(19)20)7-15-11(10)13/h5,7-8H,2-4,6,14H2,1H3,(H,16,18). The normalized spacial score (nSPS) is 11.9. The maximum atomic E-state index is 12.1. The summed E-state index contributed by atoms with van der Waals surface area (Å²) < 4.78 is 0. The summed E-state index contributed by atoms with van der Waals surface area (Å²) in [6.07, 6.45) is 3.68. The van der Waals surface area contributed by atoms with E-state index in [1.807, 2.05) is 6.92 Å². The van der Waals surface area contributed by atoms with Gasteiger partial charge in [0, 0.05) is 18.7 Å². The number of aromatic nitrogens is 1. The Balaban J connectivity index is 2.85. The highest BCUT2D eigenvalue weighted by Gasteiger charge is 2.19. The Hall–Kier alpha value is -1.73. The number of hydrogen-bond acceptors (Lipinski definition) is 5. The van der Waals surface area contributed by atoms with Crippen molar-refractivity contribution in [1.29, 1.82) is 0 Å². The van der Waals surface area contributed by atoms with Gasteiger partial charge in [0.2, 0.25) is 0 Å². The summed E-state index contributed by atoms with van der Waals surface area (Å²) in [7, 11) is 0. The average molecular weight is 301 g/mol. The number of nitrogens with zero attached hydrogens (tertiary/aromatic N) is 2. The van der Waals surface area contributed by atoms with Crippen LogP contribution in [0.3, 0.4) is 0 Å². The van der Waals surface area contributed by atoms with Gasteiger partial charge in [0.15, 0.2) is 0 Å². The monoisotopic (exact) mass is 300 g/mol. The van der Waals surface area contributed by atoms with E-state index in [9.17, 15) is 14.9 Å². The summed E-state index contributed by atoms with van der Waals surface area (Å²) >= 11 is 5.80. The molecular formula is C12H17ClN4O3. The van der Waals surface area contributed by atoms with Gasteiger partial charge >= 0.3 is 0 Å². The molecule has 0 aliphatic carbocycles. The fraction of sp³-hybridized carbons (Fsp3) is 0.500. The van der Waals surface area contributed by atoms with Gasteiger partial charge in [0.05, 0.1) is 10.5 Å². The van der Waals surface area contributed by atoms with Gasteiger partial charge in [-0.1, -0.05) is 31.4 Å². The molecule has 0 aromatic carbocycles. The van der Waals surface area contributed by atoms with Crippen molar-refractivity contribution in [3.8, 4) is 0 Å². The number of unbranched alkanes of at least 4 members (excludes halogenated alkanes) is 1. The number of nitrogens with two attached hydrogens (primary N) is 1. The SMILES string of the molecule is CCCCC(CN)NC(=O)c1cc([N+](=O)[O-])cnc1Cl. The summed E-state index contributed by atoms with van der Waals surface area (Å²) in [5, 5.41) is 13.3. The van der Waals surface area contributed by atoms with Gasteiger partial charge in [0.1, 0.15) is 11.3 Å². The van der Waals surface area contributed by atoms with Crippen LogP contribution in [0, 0.1) is 10.1 Å². The first-order chi connectivity index (χ1) is 9.49. The number of carbonyl (C=O) groups excluding carboxylic acids is 1. The molecule has 1 amide bonds. The van der Waals surface area contributed by atoms with Crippen molar-refractivity contribution in [2.24, 2.45) is 5.73 Å². The Morgan fingerprint density at radius 3 is 2.90 bits per heavy atom. The number of amides is 1. The van der Waals surface area contributed by atoms with Gasteiger partial charge in [-0.15, -0.1) is 0 Å². The lowest BCUT2D eigenvalue weighted by Crippen LogP contribution is -2.40. The predicted molar refractivity (Wildman–Crippen MR) is 75.7 cm³/mol. The Morgan fingerprint density at radius 1 is 1.65 bits per heavy atom. The summed E-state index contributed by atoms with van der Waals surface area (Å²) in [6.45, 7) is 2.34. The topological polar surface area (TPSA) is 111 Å². The minimum atomic E-state index is -0.627. The average Bonchev–Trinajstić information content (AvgIpc) is 2.43. The Labute approximate surface area is 121 Å². The maximum Gasteiger partial charge on any atom is 0.288 e. The van der Waals surface area contributed by atoms with E-state index in [-0.39, 0.29) is 22.4 Å². The number of nitro groups is 1. The Bertz CT molecular complexity index is 496. The Morgan fingerprint density at radius 2 is 2.35 bits per heavy atom. The molecule has 110 valence electrons. The van der Waals surface area contributed by atoms with Gasteiger partial charge in [-0.3, -0.25) is 14.9 Å². The third-order valence-corrected chi connectivity index (χ3v) is 3.11. The number of nitrogens with one attached hydrogen (secondary N) is 1. The smallest absolute Gasteiger partial charge is 0.288 e. The Kier molecular flexibility index (Phi) is 6.33. The molecule has 1 unspecified atom stereocenters. The summed E-state index contributed by atoms with van der Waals surface area (Å²) in [5.41, 5.74) is 5.29. The molecule has 3 N–H and O–H groups in total. The zero-order chi connectivity index (χ0) is 15.1. The third kappa shape index (κ3) is 4.43. The van der Waals surface area contributed by atoms with E-state index in [4.69, 9.17) is 17.3 Å². The fourth-order valence-corrected chi connectivity index (χ4v) is 1.85. The third-order valence-electron chi connectivity index (χ3n) is 2.81. The molecule has 0 radical (unpaired) electrons. The van der Waals surface area contributed by atoms with Gasteiger partial charge in [0.25, 0.3) is 11.6 Å². The second-order valence-corrected chi connectivity index (χ2v) is 4.70. The van der Waals surface area contributed by atoms with Crippen molar-refractivity contribution >= 4 is 23.2 Å². The van der Waals surface area contributed by atoms with E-state index in [2.05, 4.69) is 10.3 Å². The van der Waals surface area contributed by atoms with E-state index in [0.29, 0.717) is 6.54 Å². The van der Waals surface area contributed by atoms with Crippen molar-refractivity contribution in [1.82, 2.24) is 10.3 Å². The molecule has 1 aromatic rings. The van der Waals surface area contributed by atoms with Crippen LogP contribution in [-0.2, 0) is 0 Å². The van der Waals surface area contributed by atoms with Crippen molar-refractivity contribution in [2.45, 2.75) is 32.2 Å². The minimum absolute atomic E-state index is 0.0178. The van der Waals surface area contributed by atoms with E-state index in [1.165, 1.54) is 0 Å². The molecule has 1 aromatic heterocycles. The molecule has 0 saturated carbocycles. The lowest BCUT2D eigenvalue weighted by atomic mass is 10.1. The molecule has 7 nitrogen and oxygen atoms in total. The molecule has 0 saturated heterocycles. The van der Waals surface area contributed by atoms with E-state index in [0.717, 1.165) is 31.5 Å². The predicted octanol–water partition coefficient (Wildman–Crippen LogP) is 1.89. The number of halogens is 1. The van der Waals surface area contributed by atoms with Crippen molar-refractivity contribution < 1.29 is 9.72 Å². The number of rotatable bonds is 7. The molecular weight excluding hydrogens is 284 g/mol. The quantitative estimate of drug-likeness (QED) is 0.454.